The fraction of sp³-hybridized carbons (Fsp3) is 0.500. The van der Waals surface area contributed by atoms with Crippen molar-refractivity contribution >= 4 is 21.6 Å². The van der Waals surface area contributed by atoms with Gasteiger partial charge < -0.3 is 15.0 Å². The number of ether oxygens (including phenoxy) is 1. The van der Waals surface area contributed by atoms with Gasteiger partial charge in [-0.2, -0.15) is 0 Å². The maximum atomic E-state index is 12.1. The van der Waals surface area contributed by atoms with Gasteiger partial charge in [0, 0.05) is 25.0 Å². The highest BCUT2D eigenvalue weighted by Crippen LogP contribution is 2.19. The Bertz CT molecular complexity index is 590. The van der Waals surface area contributed by atoms with Crippen LogP contribution in [0.1, 0.15) is 12.8 Å². The van der Waals surface area contributed by atoms with E-state index in [1.54, 1.807) is 36.3 Å². The first-order valence-electron chi connectivity index (χ1n) is 6.79. The van der Waals surface area contributed by atoms with E-state index in [-0.39, 0.29) is 11.3 Å². The van der Waals surface area contributed by atoms with E-state index in [2.05, 4.69) is 5.32 Å². The van der Waals surface area contributed by atoms with Crippen molar-refractivity contribution in [3.8, 4) is 5.75 Å². The lowest BCUT2D eigenvalue weighted by atomic mass is 10.1. The second-order valence-electron chi connectivity index (χ2n) is 5.17. The average molecular weight is 312 g/mol. The molecular weight excluding hydrogens is 292 g/mol. The van der Waals surface area contributed by atoms with Gasteiger partial charge in [0.15, 0.2) is 0 Å². The summed E-state index contributed by atoms with van der Waals surface area (Å²) in [4.78, 5) is 13.8. The summed E-state index contributed by atoms with van der Waals surface area (Å²) in [6, 6.07) is 6.86. The topological polar surface area (TPSA) is 75.7 Å². The number of anilines is 1. The first kappa shape index (κ1) is 15.6. The third kappa shape index (κ3) is 4.10. The van der Waals surface area contributed by atoms with Gasteiger partial charge in [0.1, 0.15) is 15.6 Å². The SMILES string of the molecule is COc1ccc(NC(=O)N2CCC(S(C)(=O)=O)CC2)cc1. The molecule has 1 aliphatic heterocycles. The molecule has 0 unspecified atom stereocenters. The van der Waals surface area contributed by atoms with Crippen molar-refractivity contribution in [3.05, 3.63) is 24.3 Å². The largest absolute Gasteiger partial charge is 0.497 e. The number of urea groups is 1. The Labute approximate surface area is 125 Å². The molecular formula is C14H20N2O4S. The van der Waals surface area contributed by atoms with E-state index < -0.39 is 9.84 Å². The van der Waals surface area contributed by atoms with Crippen molar-refractivity contribution in [1.29, 1.82) is 0 Å². The summed E-state index contributed by atoms with van der Waals surface area (Å²) < 4.78 is 28.0. The van der Waals surface area contributed by atoms with Gasteiger partial charge in [-0.1, -0.05) is 0 Å². The van der Waals surface area contributed by atoms with Crippen LogP contribution in [0, 0.1) is 0 Å². The molecule has 0 spiro atoms. The summed E-state index contributed by atoms with van der Waals surface area (Å²) in [6.07, 6.45) is 2.24. The van der Waals surface area contributed by atoms with Gasteiger partial charge in [-0.25, -0.2) is 13.2 Å². The highest BCUT2D eigenvalue weighted by atomic mass is 32.2. The highest BCUT2D eigenvalue weighted by Gasteiger charge is 2.28. The number of piperidine rings is 1. The number of likely N-dealkylation sites (tertiary alicyclic amines) is 1. The lowest BCUT2D eigenvalue weighted by Gasteiger charge is -2.31. The van der Waals surface area contributed by atoms with Crippen molar-refractivity contribution in [2.24, 2.45) is 0 Å². The Balaban J connectivity index is 1.90. The first-order chi connectivity index (χ1) is 9.90. The molecule has 0 aliphatic carbocycles. The number of hydrogen-bond acceptors (Lipinski definition) is 4. The normalized spacial score (nSPS) is 16.6. The third-order valence-electron chi connectivity index (χ3n) is 3.68. The number of amides is 2. The summed E-state index contributed by atoms with van der Waals surface area (Å²) in [5.74, 6) is 0.724. The summed E-state index contributed by atoms with van der Waals surface area (Å²) in [6.45, 7) is 0.916. The van der Waals surface area contributed by atoms with Crippen LogP contribution >= 0.6 is 0 Å². The molecule has 1 aromatic rings. The standard InChI is InChI=1S/C14H20N2O4S/c1-20-12-5-3-11(4-6-12)15-14(17)16-9-7-13(8-10-16)21(2,18)19/h3-6,13H,7-10H2,1-2H3,(H,15,17). The van der Waals surface area contributed by atoms with E-state index in [9.17, 15) is 13.2 Å². The number of nitrogens with zero attached hydrogens (tertiary/aromatic N) is 1. The number of methoxy groups -OCH3 is 1. The van der Waals surface area contributed by atoms with E-state index in [0.717, 1.165) is 5.75 Å². The molecule has 1 fully saturated rings. The number of sulfone groups is 1. The van der Waals surface area contributed by atoms with Crippen LogP contribution in [0.3, 0.4) is 0 Å². The summed E-state index contributed by atoms with van der Waals surface area (Å²) in [7, 11) is -1.43. The average Bonchev–Trinajstić information content (AvgIpc) is 2.47. The van der Waals surface area contributed by atoms with Crippen molar-refractivity contribution in [2.45, 2.75) is 18.1 Å². The molecule has 2 rings (SSSR count). The van der Waals surface area contributed by atoms with Gasteiger partial charge in [-0.05, 0) is 37.1 Å². The van der Waals surface area contributed by atoms with Crippen molar-refractivity contribution < 1.29 is 17.9 Å². The minimum atomic E-state index is -3.01. The molecule has 1 heterocycles. The van der Waals surface area contributed by atoms with Crippen LogP contribution in [0.5, 0.6) is 5.75 Å². The molecule has 2 amide bonds. The number of hydrogen-bond donors (Lipinski definition) is 1. The smallest absolute Gasteiger partial charge is 0.321 e. The van der Waals surface area contributed by atoms with Crippen molar-refractivity contribution in [1.82, 2.24) is 4.90 Å². The molecule has 6 nitrogen and oxygen atoms in total. The van der Waals surface area contributed by atoms with Crippen LogP contribution < -0.4 is 10.1 Å². The Morgan fingerprint density at radius 2 is 1.81 bits per heavy atom. The quantitative estimate of drug-likeness (QED) is 0.922. The molecule has 0 saturated carbocycles. The fourth-order valence-electron chi connectivity index (χ4n) is 2.36. The van der Waals surface area contributed by atoms with Crippen LogP contribution in [0.25, 0.3) is 0 Å². The number of carbonyl (C=O) groups is 1. The van der Waals surface area contributed by atoms with Gasteiger partial charge in [-0.15, -0.1) is 0 Å². The minimum Gasteiger partial charge on any atom is -0.497 e. The maximum absolute atomic E-state index is 12.1. The molecule has 116 valence electrons. The molecule has 1 N–H and O–H groups in total. The Hall–Kier alpha value is -1.76. The van der Waals surface area contributed by atoms with Crippen molar-refractivity contribution in [3.63, 3.8) is 0 Å². The Kier molecular flexibility index (Phi) is 4.72. The molecule has 1 aliphatic rings. The van der Waals surface area contributed by atoms with Gasteiger partial charge in [-0.3, -0.25) is 0 Å². The van der Waals surface area contributed by atoms with E-state index >= 15 is 0 Å². The zero-order chi connectivity index (χ0) is 15.5. The second-order valence-corrected chi connectivity index (χ2v) is 7.50. The number of rotatable bonds is 3. The van der Waals surface area contributed by atoms with Gasteiger partial charge >= 0.3 is 6.03 Å². The molecule has 1 aromatic carbocycles. The molecule has 0 atom stereocenters. The molecule has 0 bridgehead atoms. The molecule has 7 heteroatoms. The lowest BCUT2D eigenvalue weighted by Crippen LogP contribution is -2.44. The molecule has 0 aromatic heterocycles. The van der Waals surface area contributed by atoms with E-state index in [4.69, 9.17) is 4.74 Å². The van der Waals surface area contributed by atoms with Crippen LogP contribution in [-0.2, 0) is 9.84 Å². The third-order valence-corrected chi connectivity index (χ3v) is 5.36. The zero-order valence-corrected chi connectivity index (χ0v) is 13.0. The number of nitrogens with one attached hydrogen (secondary N) is 1. The van der Waals surface area contributed by atoms with E-state index in [1.165, 1.54) is 6.26 Å². The van der Waals surface area contributed by atoms with Gasteiger partial charge in [0.25, 0.3) is 0 Å². The minimum absolute atomic E-state index is 0.202. The second kappa shape index (κ2) is 6.34. The summed E-state index contributed by atoms with van der Waals surface area (Å²) in [5, 5.41) is 2.47. The molecule has 0 radical (unpaired) electrons. The monoisotopic (exact) mass is 312 g/mol. The van der Waals surface area contributed by atoms with Gasteiger partial charge in [0.05, 0.1) is 12.4 Å². The van der Waals surface area contributed by atoms with Gasteiger partial charge in [0.2, 0.25) is 0 Å². The fourth-order valence-corrected chi connectivity index (χ4v) is 3.43. The number of benzene rings is 1. The van der Waals surface area contributed by atoms with Crippen LogP contribution in [0.4, 0.5) is 10.5 Å². The summed E-state index contributed by atoms with van der Waals surface area (Å²) >= 11 is 0. The summed E-state index contributed by atoms with van der Waals surface area (Å²) in [5.41, 5.74) is 0.686. The predicted octanol–water partition coefficient (Wildman–Crippen LogP) is 1.74. The Morgan fingerprint density at radius 1 is 1.24 bits per heavy atom. The van der Waals surface area contributed by atoms with Crippen LogP contribution in [0.2, 0.25) is 0 Å². The highest BCUT2D eigenvalue weighted by molar-refractivity contribution is 7.91. The van der Waals surface area contributed by atoms with Crippen molar-refractivity contribution in [2.75, 3.05) is 31.8 Å². The number of carbonyl (C=O) groups excluding carboxylic acids is 1. The van der Waals surface area contributed by atoms with E-state index in [1.807, 2.05) is 0 Å². The zero-order valence-electron chi connectivity index (χ0n) is 12.2. The first-order valence-corrected chi connectivity index (χ1v) is 8.74. The van der Waals surface area contributed by atoms with Crippen LogP contribution in [-0.4, -0.2) is 51.1 Å². The van der Waals surface area contributed by atoms with Crippen LogP contribution in [0.15, 0.2) is 24.3 Å². The predicted molar refractivity (Wildman–Crippen MR) is 81.5 cm³/mol. The lowest BCUT2D eigenvalue weighted by molar-refractivity contribution is 0.200. The molecule has 21 heavy (non-hydrogen) atoms. The molecule has 1 saturated heterocycles. The maximum Gasteiger partial charge on any atom is 0.321 e. The Morgan fingerprint density at radius 3 is 2.29 bits per heavy atom. The van der Waals surface area contributed by atoms with E-state index in [0.29, 0.717) is 31.6 Å².